The van der Waals surface area contributed by atoms with Crippen LogP contribution in [0.3, 0.4) is 0 Å². The van der Waals surface area contributed by atoms with Gasteiger partial charge in [0.25, 0.3) is 0 Å². The Bertz CT molecular complexity index is 671. The minimum Gasteiger partial charge on any atom is -0.391 e. The highest BCUT2D eigenvalue weighted by Crippen LogP contribution is 2.39. The van der Waals surface area contributed by atoms with Gasteiger partial charge in [-0.3, -0.25) is 9.59 Å². The monoisotopic (exact) mass is 344 g/mol. The summed E-state index contributed by atoms with van der Waals surface area (Å²) in [7, 11) is 0. The first kappa shape index (κ1) is 17.9. The van der Waals surface area contributed by atoms with Crippen LogP contribution in [0.25, 0.3) is 0 Å². The van der Waals surface area contributed by atoms with Gasteiger partial charge in [-0.25, -0.2) is 0 Å². The number of aliphatic hydroxyl groups excluding tert-OH is 1. The van der Waals surface area contributed by atoms with Gasteiger partial charge in [-0.15, -0.1) is 0 Å². The second-order valence-electron chi connectivity index (χ2n) is 8.21. The van der Waals surface area contributed by atoms with Crippen molar-refractivity contribution in [2.24, 2.45) is 5.41 Å². The Morgan fingerprint density at radius 3 is 2.72 bits per heavy atom. The number of nitrogens with zero attached hydrogens (tertiary/aromatic N) is 1. The van der Waals surface area contributed by atoms with Crippen LogP contribution in [0.4, 0.5) is 0 Å². The second-order valence-corrected chi connectivity index (χ2v) is 8.21. The molecule has 2 aliphatic rings. The number of fused-ring (bicyclic) bond motifs is 1. The molecular weight excluding hydrogens is 316 g/mol. The highest BCUT2D eigenvalue weighted by atomic mass is 16.3. The molecule has 25 heavy (non-hydrogen) atoms. The molecule has 2 amide bonds. The van der Waals surface area contributed by atoms with E-state index in [4.69, 9.17) is 0 Å². The quantitative estimate of drug-likeness (QED) is 0.808. The number of hydrogen-bond acceptors (Lipinski definition) is 3. The van der Waals surface area contributed by atoms with Crippen LogP contribution in [0.5, 0.6) is 0 Å². The predicted octanol–water partition coefficient (Wildman–Crippen LogP) is 2.19. The van der Waals surface area contributed by atoms with E-state index < -0.39 is 12.1 Å². The zero-order chi connectivity index (χ0) is 18.2. The van der Waals surface area contributed by atoms with E-state index in [1.807, 2.05) is 12.1 Å². The number of nitrogens with one attached hydrogen (secondary N) is 1. The van der Waals surface area contributed by atoms with Crippen molar-refractivity contribution in [1.82, 2.24) is 10.2 Å². The highest BCUT2D eigenvalue weighted by molar-refractivity contribution is 5.88. The molecular formula is C20H28N2O3. The molecule has 1 aromatic carbocycles. The number of hydrogen-bond donors (Lipinski definition) is 2. The number of benzene rings is 1. The Labute approximate surface area is 149 Å². The molecule has 0 spiro atoms. The van der Waals surface area contributed by atoms with Gasteiger partial charge in [0.1, 0.15) is 6.04 Å². The summed E-state index contributed by atoms with van der Waals surface area (Å²) in [6, 6.07) is 7.64. The van der Waals surface area contributed by atoms with Crippen LogP contribution in [-0.2, 0) is 16.0 Å². The van der Waals surface area contributed by atoms with Crippen molar-refractivity contribution in [2.75, 3.05) is 6.54 Å². The average Bonchev–Trinajstić information content (AvgIpc) is 2.89. The van der Waals surface area contributed by atoms with E-state index in [-0.39, 0.29) is 29.8 Å². The molecule has 5 nitrogen and oxygen atoms in total. The number of rotatable bonds is 2. The maximum atomic E-state index is 12.9. The average molecular weight is 344 g/mol. The zero-order valence-corrected chi connectivity index (χ0v) is 15.3. The normalized spacial score (nSPS) is 28.2. The SMILES string of the molecule is CC(=O)N1C[C@H](O)C[C@@H]1C(=O)N[C@H]1CC(C)(C)CCc2ccccc21. The molecule has 1 saturated heterocycles. The van der Waals surface area contributed by atoms with Gasteiger partial charge in [-0.1, -0.05) is 38.1 Å². The van der Waals surface area contributed by atoms with E-state index in [0.29, 0.717) is 6.42 Å². The van der Waals surface area contributed by atoms with Crippen molar-refractivity contribution < 1.29 is 14.7 Å². The Morgan fingerprint density at radius 2 is 2.00 bits per heavy atom. The zero-order valence-electron chi connectivity index (χ0n) is 15.3. The van der Waals surface area contributed by atoms with Gasteiger partial charge >= 0.3 is 0 Å². The molecule has 136 valence electrons. The molecule has 5 heteroatoms. The van der Waals surface area contributed by atoms with Crippen molar-refractivity contribution in [3.63, 3.8) is 0 Å². The maximum Gasteiger partial charge on any atom is 0.243 e. The summed E-state index contributed by atoms with van der Waals surface area (Å²) in [4.78, 5) is 26.2. The first-order valence-corrected chi connectivity index (χ1v) is 9.10. The van der Waals surface area contributed by atoms with E-state index in [9.17, 15) is 14.7 Å². The van der Waals surface area contributed by atoms with E-state index in [1.54, 1.807) is 0 Å². The molecule has 0 aromatic heterocycles. The number of amides is 2. The first-order valence-electron chi connectivity index (χ1n) is 9.10. The molecule has 1 heterocycles. The lowest BCUT2D eigenvalue weighted by Crippen LogP contribution is -2.46. The summed E-state index contributed by atoms with van der Waals surface area (Å²) in [6.45, 7) is 6.15. The van der Waals surface area contributed by atoms with Gasteiger partial charge in [0.15, 0.2) is 0 Å². The van der Waals surface area contributed by atoms with Crippen molar-refractivity contribution in [1.29, 1.82) is 0 Å². The van der Waals surface area contributed by atoms with Gasteiger partial charge < -0.3 is 15.3 Å². The Hall–Kier alpha value is -1.88. The number of carbonyl (C=O) groups is 2. The third-order valence-corrected chi connectivity index (χ3v) is 5.56. The number of carbonyl (C=O) groups excluding carboxylic acids is 2. The van der Waals surface area contributed by atoms with E-state index in [2.05, 4.69) is 31.3 Å². The standard InChI is InChI=1S/C20H28N2O3/c1-13(23)22-12-15(24)10-18(22)19(25)21-17-11-20(2,3)9-8-14-6-4-5-7-16(14)17/h4-7,15,17-18,24H,8-12H2,1-3H3,(H,21,25)/t15-,17+,18-/m1/s1. The van der Waals surface area contributed by atoms with Gasteiger partial charge in [-0.05, 0) is 35.8 Å². The minimum absolute atomic E-state index is 0.0623. The number of likely N-dealkylation sites (tertiary alicyclic amines) is 1. The predicted molar refractivity (Wildman–Crippen MR) is 95.8 cm³/mol. The molecule has 1 aliphatic carbocycles. The van der Waals surface area contributed by atoms with Crippen LogP contribution in [0.1, 0.15) is 57.2 Å². The third-order valence-electron chi connectivity index (χ3n) is 5.56. The number of β-amino-alcohol motifs (C(OH)–C–C–N with tert-alkyl or cyclic N) is 1. The van der Waals surface area contributed by atoms with Crippen molar-refractivity contribution in [3.8, 4) is 0 Å². The summed E-state index contributed by atoms with van der Waals surface area (Å²) >= 11 is 0. The van der Waals surface area contributed by atoms with Crippen molar-refractivity contribution in [3.05, 3.63) is 35.4 Å². The fourth-order valence-electron chi connectivity index (χ4n) is 4.15. The topological polar surface area (TPSA) is 69.6 Å². The maximum absolute atomic E-state index is 12.9. The molecule has 1 aromatic rings. The summed E-state index contributed by atoms with van der Waals surface area (Å²) in [5.41, 5.74) is 2.59. The fourth-order valence-corrected chi connectivity index (χ4v) is 4.15. The first-order chi connectivity index (χ1) is 11.8. The van der Waals surface area contributed by atoms with Crippen LogP contribution in [0.15, 0.2) is 24.3 Å². The molecule has 3 atom stereocenters. The number of aryl methyl sites for hydroxylation is 1. The van der Waals surface area contributed by atoms with Crippen LogP contribution in [0, 0.1) is 5.41 Å². The molecule has 1 aliphatic heterocycles. The molecule has 0 saturated carbocycles. The summed E-state index contributed by atoms with van der Waals surface area (Å²) < 4.78 is 0. The number of aliphatic hydroxyl groups is 1. The van der Waals surface area contributed by atoms with E-state index >= 15 is 0 Å². The van der Waals surface area contributed by atoms with Gasteiger partial charge in [0, 0.05) is 19.9 Å². The van der Waals surface area contributed by atoms with E-state index in [1.165, 1.54) is 23.0 Å². The molecule has 0 unspecified atom stereocenters. The summed E-state index contributed by atoms with van der Waals surface area (Å²) in [5.74, 6) is -0.331. The lowest BCUT2D eigenvalue weighted by atomic mass is 9.83. The third kappa shape index (κ3) is 3.87. The molecule has 0 radical (unpaired) electrons. The Balaban J connectivity index is 1.82. The highest BCUT2D eigenvalue weighted by Gasteiger charge is 2.39. The van der Waals surface area contributed by atoms with Crippen molar-refractivity contribution in [2.45, 2.75) is 64.6 Å². The molecule has 2 N–H and O–H groups in total. The Morgan fingerprint density at radius 1 is 1.28 bits per heavy atom. The lowest BCUT2D eigenvalue weighted by molar-refractivity contribution is -0.137. The van der Waals surface area contributed by atoms with Crippen LogP contribution >= 0.6 is 0 Å². The van der Waals surface area contributed by atoms with Gasteiger partial charge in [0.2, 0.25) is 11.8 Å². The fraction of sp³-hybridized carbons (Fsp3) is 0.600. The van der Waals surface area contributed by atoms with Crippen LogP contribution in [0.2, 0.25) is 0 Å². The van der Waals surface area contributed by atoms with E-state index in [0.717, 1.165) is 19.3 Å². The minimum atomic E-state index is -0.627. The second kappa shape index (κ2) is 6.79. The summed E-state index contributed by atoms with van der Waals surface area (Å²) in [5, 5.41) is 13.1. The largest absolute Gasteiger partial charge is 0.391 e. The molecule has 1 fully saturated rings. The van der Waals surface area contributed by atoms with Gasteiger partial charge in [-0.2, -0.15) is 0 Å². The van der Waals surface area contributed by atoms with Crippen molar-refractivity contribution >= 4 is 11.8 Å². The molecule has 3 rings (SSSR count). The smallest absolute Gasteiger partial charge is 0.243 e. The van der Waals surface area contributed by atoms with Crippen LogP contribution < -0.4 is 5.32 Å². The molecule has 0 bridgehead atoms. The van der Waals surface area contributed by atoms with Crippen LogP contribution in [-0.4, -0.2) is 40.5 Å². The van der Waals surface area contributed by atoms with Gasteiger partial charge in [0.05, 0.1) is 12.1 Å². The Kier molecular flexibility index (Phi) is 4.87. The summed E-state index contributed by atoms with van der Waals surface area (Å²) in [6.07, 6.45) is 2.64. The lowest BCUT2D eigenvalue weighted by Gasteiger charge is -2.30.